The fourth-order valence-electron chi connectivity index (χ4n) is 2.81. The fraction of sp³-hybridized carbons (Fsp3) is 0.643. The van der Waals surface area contributed by atoms with Gasteiger partial charge in [0.2, 0.25) is 11.9 Å². The minimum Gasteiger partial charge on any atom is -0.314 e. The van der Waals surface area contributed by atoms with Crippen molar-refractivity contribution in [2.45, 2.75) is 51.0 Å². The molecule has 0 aromatic carbocycles. The molecular weight excluding hydrogens is 276 g/mol. The zero-order valence-corrected chi connectivity index (χ0v) is 12.8. The molecule has 0 saturated heterocycles. The number of hydrogen-bond donors (Lipinski definition) is 2. The van der Waals surface area contributed by atoms with Crippen LogP contribution in [0.1, 0.15) is 44.2 Å². The molecule has 0 spiro atoms. The molecule has 5 nitrogen and oxygen atoms in total. The Kier molecular flexibility index (Phi) is 4.94. The second kappa shape index (κ2) is 6.50. The zero-order chi connectivity index (χ0) is 14.6. The molecule has 0 bridgehead atoms. The monoisotopic (exact) mass is 296 g/mol. The quantitative estimate of drug-likeness (QED) is 0.838. The highest BCUT2D eigenvalue weighted by Gasteiger charge is 2.32. The Morgan fingerprint density at radius 1 is 1.35 bits per heavy atom. The number of amides is 1. The first-order chi connectivity index (χ1) is 9.53. The molecule has 1 heterocycles. The summed E-state index contributed by atoms with van der Waals surface area (Å²) < 4.78 is 0. The minimum atomic E-state index is -0.0873. The van der Waals surface area contributed by atoms with Crippen LogP contribution >= 0.6 is 11.6 Å². The average Bonchev–Trinajstić information content (AvgIpc) is 2.38. The zero-order valence-electron chi connectivity index (χ0n) is 12.0. The first-order valence-corrected chi connectivity index (χ1v) is 7.41. The second-order valence-electron chi connectivity index (χ2n) is 5.47. The Balaban J connectivity index is 2.00. The summed E-state index contributed by atoms with van der Waals surface area (Å²) in [5.41, 5.74) is 0.650. The predicted octanol–water partition coefficient (Wildman–Crippen LogP) is 2.69. The molecule has 2 rings (SSSR count). The van der Waals surface area contributed by atoms with Crippen molar-refractivity contribution in [3.8, 4) is 0 Å². The van der Waals surface area contributed by atoms with Crippen molar-refractivity contribution in [2.75, 3.05) is 12.4 Å². The molecule has 110 valence electrons. The molecule has 0 aliphatic heterocycles. The minimum absolute atomic E-state index is 0.0667. The van der Waals surface area contributed by atoms with Crippen LogP contribution < -0.4 is 10.6 Å². The number of rotatable bonds is 4. The highest BCUT2D eigenvalue weighted by atomic mass is 35.5. The van der Waals surface area contributed by atoms with E-state index in [9.17, 15) is 4.79 Å². The third-order valence-corrected chi connectivity index (χ3v) is 4.11. The molecule has 1 aromatic rings. The van der Waals surface area contributed by atoms with Gasteiger partial charge in [0.15, 0.2) is 0 Å². The number of aromatic nitrogens is 2. The number of nitrogens with one attached hydrogen (secondary N) is 2. The van der Waals surface area contributed by atoms with Crippen LogP contribution in [-0.4, -0.2) is 28.5 Å². The number of nitrogens with zero attached hydrogens (tertiary/aromatic N) is 2. The number of anilines is 1. The molecule has 1 aromatic heterocycles. The lowest BCUT2D eigenvalue weighted by molar-refractivity contribution is -0.118. The maximum Gasteiger partial charge on any atom is 0.231 e. The van der Waals surface area contributed by atoms with Crippen LogP contribution in [0.3, 0.4) is 0 Å². The molecule has 20 heavy (non-hydrogen) atoms. The van der Waals surface area contributed by atoms with E-state index >= 15 is 0 Å². The number of carbonyl (C=O) groups excluding carboxylic acids is 1. The van der Waals surface area contributed by atoms with Gasteiger partial charge in [-0.05, 0) is 32.9 Å². The van der Waals surface area contributed by atoms with E-state index in [1.165, 1.54) is 19.3 Å². The standard InChI is InChI=1S/C14H21ClN4O/c1-10-8-11(15)18-13(17-10)19-12(20)9-14(16-2)6-4-3-5-7-14/h8,16H,3-7,9H2,1-2H3,(H,17,18,19,20). The summed E-state index contributed by atoms with van der Waals surface area (Å²) in [6.07, 6.45) is 6.10. The van der Waals surface area contributed by atoms with Crippen molar-refractivity contribution < 1.29 is 4.79 Å². The van der Waals surface area contributed by atoms with Crippen LogP contribution in [0.25, 0.3) is 0 Å². The summed E-state index contributed by atoms with van der Waals surface area (Å²) in [7, 11) is 1.93. The van der Waals surface area contributed by atoms with E-state index in [0.29, 0.717) is 11.6 Å². The summed E-state index contributed by atoms with van der Waals surface area (Å²) in [5, 5.41) is 6.41. The van der Waals surface area contributed by atoms with Crippen molar-refractivity contribution in [1.82, 2.24) is 15.3 Å². The maximum absolute atomic E-state index is 12.2. The Bertz CT molecular complexity index is 466. The van der Waals surface area contributed by atoms with Crippen LogP contribution in [0.15, 0.2) is 6.07 Å². The number of aryl methyl sites for hydroxylation is 1. The lowest BCUT2D eigenvalue weighted by Gasteiger charge is -2.36. The van der Waals surface area contributed by atoms with Crippen LogP contribution in [0, 0.1) is 6.92 Å². The number of hydrogen-bond acceptors (Lipinski definition) is 4. The van der Waals surface area contributed by atoms with E-state index in [2.05, 4.69) is 20.6 Å². The summed E-state index contributed by atoms with van der Waals surface area (Å²) in [6, 6.07) is 1.66. The Labute approximate surface area is 124 Å². The molecule has 1 fully saturated rings. The highest BCUT2D eigenvalue weighted by Crippen LogP contribution is 2.30. The summed E-state index contributed by atoms with van der Waals surface area (Å²) >= 11 is 5.87. The van der Waals surface area contributed by atoms with Gasteiger partial charge in [0.25, 0.3) is 0 Å². The topological polar surface area (TPSA) is 66.9 Å². The van der Waals surface area contributed by atoms with Gasteiger partial charge >= 0.3 is 0 Å². The molecule has 0 unspecified atom stereocenters. The van der Waals surface area contributed by atoms with Crippen molar-refractivity contribution in [3.63, 3.8) is 0 Å². The molecule has 1 aliphatic rings. The van der Waals surface area contributed by atoms with Crippen LogP contribution in [0.5, 0.6) is 0 Å². The van der Waals surface area contributed by atoms with Crippen LogP contribution in [-0.2, 0) is 4.79 Å². The fourth-order valence-corrected chi connectivity index (χ4v) is 3.04. The Morgan fingerprint density at radius 2 is 2.05 bits per heavy atom. The molecule has 2 N–H and O–H groups in total. The van der Waals surface area contributed by atoms with E-state index in [0.717, 1.165) is 18.5 Å². The Morgan fingerprint density at radius 3 is 2.65 bits per heavy atom. The van der Waals surface area contributed by atoms with Gasteiger partial charge in [-0.3, -0.25) is 10.1 Å². The van der Waals surface area contributed by atoms with Gasteiger partial charge in [-0.15, -0.1) is 0 Å². The van der Waals surface area contributed by atoms with E-state index in [1.54, 1.807) is 6.07 Å². The van der Waals surface area contributed by atoms with E-state index < -0.39 is 0 Å². The van der Waals surface area contributed by atoms with Gasteiger partial charge in [-0.1, -0.05) is 30.9 Å². The molecular formula is C14H21ClN4O. The SMILES string of the molecule is CNC1(CC(=O)Nc2nc(C)cc(Cl)n2)CCCCC1. The largest absolute Gasteiger partial charge is 0.314 e. The number of halogens is 1. The van der Waals surface area contributed by atoms with Crippen molar-refractivity contribution in [3.05, 3.63) is 16.9 Å². The summed E-state index contributed by atoms with van der Waals surface area (Å²) in [6.45, 7) is 1.82. The lowest BCUT2D eigenvalue weighted by atomic mass is 9.79. The van der Waals surface area contributed by atoms with E-state index in [4.69, 9.17) is 11.6 Å². The average molecular weight is 297 g/mol. The smallest absolute Gasteiger partial charge is 0.231 e. The molecule has 0 radical (unpaired) electrons. The molecule has 1 amide bonds. The van der Waals surface area contributed by atoms with Gasteiger partial charge in [0, 0.05) is 17.7 Å². The third kappa shape index (κ3) is 3.90. The molecule has 6 heteroatoms. The van der Waals surface area contributed by atoms with E-state index in [1.807, 2.05) is 14.0 Å². The summed E-state index contributed by atoms with van der Waals surface area (Å²) in [5.74, 6) is 0.213. The normalized spacial score (nSPS) is 17.8. The van der Waals surface area contributed by atoms with Gasteiger partial charge in [0.1, 0.15) is 5.15 Å². The van der Waals surface area contributed by atoms with Crippen LogP contribution in [0.4, 0.5) is 5.95 Å². The first kappa shape index (κ1) is 15.2. The van der Waals surface area contributed by atoms with Crippen LogP contribution in [0.2, 0.25) is 5.15 Å². The second-order valence-corrected chi connectivity index (χ2v) is 5.86. The van der Waals surface area contributed by atoms with Crippen molar-refractivity contribution >= 4 is 23.5 Å². The van der Waals surface area contributed by atoms with Gasteiger partial charge in [0.05, 0.1) is 0 Å². The maximum atomic E-state index is 12.2. The first-order valence-electron chi connectivity index (χ1n) is 7.03. The van der Waals surface area contributed by atoms with Gasteiger partial charge < -0.3 is 5.32 Å². The lowest BCUT2D eigenvalue weighted by Crippen LogP contribution is -2.47. The molecule has 1 saturated carbocycles. The highest BCUT2D eigenvalue weighted by molar-refractivity contribution is 6.29. The molecule has 1 aliphatic carbocycles. The number of carbonyl (C=O) groups is 1. The Hall–Kier alpha value is -1.20. The van der Waals surface area contributed by atoms with Gasteiger partial charge in [-0.25, -0.2) is 9.97 Å². The van der Waals surface area contributed by atoms with Crippen molar-refractivity contribution in [2.24, 2.45) is 0 Å². The third-order valence-electron chi connectivity index (χ3n) is 3.91. The van der Waals surface area contributed by atoms with Gasteiger partial charge in [-0.2, -0.15) is 0 Å². The van der Waals surface area contributed by atoms with Crippen molar-refractivity contribution in [1.29, 1.82) is 0 Å². The predicted molar refractivity (Wildman–Crippen MR) is 79.9 cm³/mol. The summed E-state index contributed by atoms with van der Waals surface area (Å²) in [4.78, 5) is 20.4. The van der Waals surface area contributed by atoms with E-state index in [-0.39, 0.29) is 17.4 Å². The molecule has 0 atom stereocenters.